The number of aromatic amines is 1. The minimum Gasteiger partial charge on any atom is -0.726 e. The maximum Gasteiger partial charge on any atom is 0.217 e. The second-order valence-electron chi connectivity index (χ2n) is 2.12. The number of nitrogens with one attached hydrogen (secondary N) is 1. The Morgan fingerprint density at radius 3 is 2.15 bits per heavy atom. The molecule has 0 unspecified atom stereocenters. The monoisotopic (exact) mass is 205 g/mol. The van der Waals surface area contributed by atoms with E-state index in [9.17, 15) is 13.0 Å². The molecule has 1 heterocycles. The fraction of sp³-hybridized carbons (Fsp3) is 0.286. The molecule has 0 bridgehead atoms. The standard InChI is InChI=1S/C6H7N.CH4O4S/c1-6-4-2-3-5-7-6;1-5-6(2,3)4/h2-5H,1H3;1H3,(H,2,3,4). The molecule has 0 radical (unpaired) electrons. The molecule has 5 nitrogen and oxygen atoms in total. The Kier molecular flexibility index (Phi) is 5.20. The smallest absolute Gasteiger partial charge is 0.217 e. The average Bonchev–Trinajstić information content (AvgIpc) is 2.06. The second-order valence-corrected chi connectivity index (χ2v) is 3.27. The molecule has 1 aromatic heterocycles. The molecule has 0 spiro atoms. The molecular weight excluding hydrogens is 194 g/mol. The van der Waals surface area contributed by atoms with Crippen molar-refractivity contribution in [1.29, 1.82) is 0 Å². The van der Waals surface area contributed by atoms with Crippen molar-refractivity contribution >= 4 is 10.4 Å². The van der Waals surface area contributed by atoms with E-state index < -0.39 is 10.4 Å². The van der Waals surface area contributed by atoms with Gasteiger partial charge in [-0.05, 0) is 0 Å². The van der Waals surface area contributed by atoms with Crippen LogP contribution in [0.3, 0.4) is 0 Å². The predicted octanol–water partition coefficient (Wildman–Crippen LogP) is -0.0979. The molecular formula is C7H11NO4S. The fourth-order valence-corrected chi connectivity index (χ4v) is 0.483. The Hall–Kier alpha value is -0.980. The topological polar surface area (TPSA) is 80.6 Å². The minimum atomic E-state index is -4.41. The lowest BCUT2D eigenvalue weighted by atomic mass is 10.4. The number of rotatable bonds is 1. The Morgan fingerprint density at radius 1 is 1.46 bits per heavy atom. The van der Waals surface area contributed by atoms with Crippen molar-refractivity contribution in [3.05, 3.63) is 30.1 Å². The van der Waals surface area contributed by atoms with Crippen LogP contribution in [0.25, 0.3) is 0 Å². The van der Waals surface area contributed by atoms with Gasteiger partial charge in [-0.1, -0.05) is 6.07 Å². The van der Waals surface area contributed by atoms with Crippen LogP contribution in [-0.2, 0) is 14.6 Å². The van der Waals surface area contributed by atoms with Crippen molar-refractivity contribution in [3.63, 3.8) is 0 Å². The Balaban J connectivity index is 0.000000226. The van der Waals surface area contributed by atoms with Gasteiger partial charge >= 0.3 is 0 Å². The number of aromatic nitrogens is 1. The van der Waals surface area contributed by atoms with Crippen LogP contribution in [0, 0.1) is 6.92 Å². The maximum absolute atomic E-state index is 9.22. The molecule has 0 saturated carbocycles. The van der Waals surface area contributed by atoms with E-state index in [1.165, 1.54) is 5.69 Å². The lowest BCUT2D eigenvalue weighted by Gasteiger charge is -1.98. The highest BCUT2D eigenvalue weighted by Gasteiger charge is 1.81. The van der Waals surface area contributed by atoms with Crippen LogP contribution in [0.15, 0.2) is 24.4 Å². The molecule has 0 aliphatic carbocycles. The largest absolute Gasteiger partial charge is 0.726 e. The Bertz CT molecular complexity index is 322. The number of aryl methyl sites for hydroxylation is 1. The summed E-state index contributed by atoms with van der Waals surface area (Å²) in [7, 11) is -3.60. The van der Waals surface area contributed by atoms with Crippen LogP contribution >= 0.6 is 0 Å². The van der Waals surface area contributed by atoms with E-state index in [1.54, 1.807) is 0 Å². The molecule has 1 rings (SSSR count). The Morgan fingerprint density at radius 2 is 2.00 bits per heavy atom. The van der Waals surface area contributed by atoms with Crippen molar-refractivity contribution in [1.82, 2.24) is 0 Å². The number of hydrogen-bond acceptors (Lipinski definition) is 4. The van der Waals surface area contributed by atoms with Gasteiger partial charge in [-0.25, -0.2) is 13.4 Å². The van der Waals surface area contributed by atoms with E-state index in [2.05, 4.69) is 9.17 Å². The molecule has 1 aromatic rings. The highest BCUT2D eigenvalue weighted by atomic mass is 32.3. The van der Waals surface area contributed by atoms with Crippen molar-refractivity contribution in [2.45, 2.75) is 6.92 Å². The van der Waals surface area contributed by atoms with Crippen LogP contribution in [0.1, 0.15) is 5.69 Å². The summed E-state index contributed by atoms with van der Waals surface area (Å²) in [4.78, 5) is 3.03. The lowest BCUT2D eigenvalue weighted by molar-refractivity contribution is -0.387. The summed E-state index contributed by atoms with van der Waals surface area (Å²) in [5, 5.41) is 0. The summed E-state index contributed by atoms with van der Waals surface area (Å²) in [6, 6.07) is 6.00. The normalized spacial score (nSPS) is 10.1. The van der Waals surface area contributed by atoms with E-state index in [-0.39, 0.29) is 0 Å². The van der Waals surface area contributed by atoms with Crippen molar-refractivity contribution in [2.24, 2.45) is 0 Å². The molecule has 13 heavy (non-hydrogen) atoms. The van der Waals surface area contributed by atoms with Gasteiger partial charge in [0.15, 0.2) is 11.9 Å². The van der Waals surface area contributed by atoms with E-state index in [1.807, 2.05) is 31.3 Å². The number of pyridine rings is 1. The summed E-state index contributed by atoms with van der Waals surface area (Å²) in [6.07, 6.45) is 1.91. The van der Waals surface area contributed by atoms with Crippen LogP contribution in [0.4, 0.5) is 0 Å². The molecule has 1 N–H and O–H groups in total. The highest BCUT2D eigenvalue weighted by molar-refractivity contribution is 7.80. The van der Waals surface area contributed by atoms with Gasteiger partial charge in [0.2, 0.25) is 10.4 Å². The zero-order valence-corrected chi connectivity index (χ0v) is 8.17. The molecule has 0 fully saturated rings. The van der Waals surface area contributed by atoms with E-state index in [4.69, 9.17) is 0 Å². The van der Waals surface area contributed by atoms with Gasteiger partial charge in [-0.2, -0.15) is 0 Å². The van der Waals surface area contributed by atoms with Gasteiger partial charge in [0, 0.05) is 19.1 Å². The van der Waals surface area contributed by atoms with Gasteiger partial charge < -0.3 is 4.55 Å². The average molecular weight is 205 g/mol. The third kappa shape index (κ3) is 8.93. The maximum atomic E-state index is 9.22. The number of H-pyrrole nitrogens is 1. The molecule has 0 atom stereocenters. The van der Waals surface area contributed by atoms with Crippen molar-refractivity contribution in [2.75, 3.05) is 7.11 Å². The zero-order valence-electron chi connectivity index (χ0n) is 7.35. The van der Waals surface area contributed by atoms with Gasteiger partial charge in [0.1, 0.15) is 0 Å². The van der Waals surface area contributed by atoms with Crippen molar-refractivity contribution < 1.29 is 22.1 Å². The van der Waals surface area contributed by atoms with Gasteiger partial charge in [-0.3, -0.25) is 4.18 Å². The van der Waals surface area contributed by atoms with Crippen LogP contribution in [0.5, 0.6) is 0 Å². The zero-order chi connectivity index (χ0) is 10.3. The molecule has 0 aromatic carbocycles. The molecule has 74 valence electrons. The first kappa shape index (κ1) is 12.0. The van der Waals surface area contributed by atoms with Crippen molar-refractivity contribution in [3.8, 4) is 0 Å². The number of hydrogen-bond donors (Lipinski definition) is 0. The summed E-state index contributed by atoms with van der Waals surface area (Å²) < 4.78 is 31.0. The summed E-state index contributed by atoms with van der Waals surface area (Å²) in [5.74, 6) is 0. The molecule has 0 aliphatic rings. The molecule has 0 amide bonds. The quantitative estimate of drug-likeness (QED) is 0.473. The van der Waals surface area contributed by atoms with Crippen LogP contribution < -0.4 is 4.98 Å². The minimum absolute atomic E-state index is 0.808. The van der Waals surface area contributed by atoms with Crippen LogP contribution in [0.2, 0.25) is 0 Å². The van der Waals surface area contributed by atoms with E-state index in [0.717, 1.165) is 7.11 Å². The SMILES string of the molecule is COS(=O)(=O)[O-].Cc1cccc[nH+]1. The summed E-state index contributed by atoms with van der Waals surface area (Å²) in [6.45, 7) is 2.03. The van der Waals surface area contributed by atoms with Gasteiger partial charge in [-0.15, -0.1) is 0 Å². The Labute approximate surface area is 77.3 Å². The first-order valence-electron chi connectivity index (χ1n) is 3.40. The summed E-state index contributed by atoms with van der Waals surface area (Å²) >= 11 is 0. The lowest BCUT2D eigenvalue weighted by Crippen LogP contribution is -2.02. The molecule has 6 heteroatoms. The molecule has 0 saturated heterocycles. The van der Waals surface area contributed by atoms with Crippen LogP contribution in [-0.4, -0.2) is 20.1 Å². The summed E-state index contributed by atoms with van der Waals surface area (Å²) in [5.41, 5.74) is 1.20. The van der Waals surface area contributed by atoms with E-state index >= 15 is 0 Å². The fourth-order valence-electron chi connectivity index (χ4n) is 0.483. The first-order valence-corrected chi connectivity index (χ1v) is 4.74. The highest BCUT2D eigenvalue weighted by Crippen LogP contribution is 1.80. The third-order valence-electron chi connectivity index (χ3n) is 1.07. The predicted molar refractivity (Wildman–Crippen MR) is 44.4 cm³/mol. The van der Waals surface area contributed by atoms with Gasteiger partial charge in [0.05, 0.1) is 7.11 Å². The second kappa shape index (κ2) is 5.63. The van der Waals surface area contributed by atoms with E-state index in [0.29, 0.717) is 0 Å². The first-order chi connectivity index (χ1) is 5.95. The van der Waals surface area contributed by atoms with Gasteiger partial charge in [0.25, 0.3) is 0 Å². The third-order valence-corrected chi connectivity index (χ3v) is 1.48. The molecule has 0 aliphatic heterocycles.